The highest BCUT2D eigenvalue weighted by molar-refractivity contribution is 5.95. The molecule has 3 rings (SSSR count). The number of amides is 1. The number of aromatic nitrogens is 2. The molecule has 29 heavy (non-hydrogen) atoms. The molecule has 3 aromatic rings. The van der Waals surface area contributed by atoms with Crippen LogP contribution in [0.15, 0.2) is 73.4 Å². The Hall–Kier alpha value is -3.78. The number of benzene rings is 2. The van der Waals surface area contributed by atoms with Crippen LogP contribution >= 0.6 is 0 Å². The first-order valence-corrected chi connectivity index (χ1v) is 9.36. The first kappa shape index (κ1) is 20.0. The number of carbonyl (C=O) groups excluding carboxylic acids is 1. The Morgan fingerprint density at radius 3 is 2.72 bits per heavy atom. The lowest BCUT2D eigenvalue weighted by molar-refractivity contribution is 0.0958. The molecule has 0 atom stereocenters. The topological polar surface area (TPSA) is 56.1 Å². The molecule has 1 N–H and O–H groups in total. The van der Waals surface area contributed by atoms with Gasteiger partial charge in [0.15, 0.2) is 0 Å². The molecule has 0 aliphatic rings. The Bertz CT molecular complexity index is 1040. The summed E-state index contributed by atoms with van der Waals surface area (Å²) >= 11 is 0. The number of allylic oxidation sites excluding steroid dienone is 1. The third kappa shape index (κ3) is 5.14. The summed E-state index contributed by atoms with van der Waals surface area (Å²) < 4.78 is 7.45. The van der Waals surface area contributed by atoms with Crippen LogP contribution in [0.25, 0.3) is 5.69 Å². The van der Waals surface area contributed by atoms with Gasteiger partial charge in [0.05, 0.1) is 29.7 Å². The molecule has 0 fully saturated rings. The van der Waals surface area contributed by atoms with E-state index in [-0.39, 0.29) is 19.1 Å². The SMILES string of the molecule is C=CCc1ccccc1OCC#CCNC(=O)c1cnn(-c2ccccc2)c1C. The molecular weight excluding hydrogens is 362 g/mol. The second-order valence-electron chi connectivity index (χ2n) is 6.32. The molecule has 146 valence electrons. The standard InChI is InChI=1S/C24H23N3O2/c1-3-11-20-12-7-8-15-23(20)29-17-10-9-16-25-24(28)22-18-26-27(19(22)2)21-13-5-4-6-14-21/h3-8,12-15,18H,1,11,16-17H2,2H3,(H,25,28). The Kier molecular flexibility index (Phi) is 6.85. The fourth-order valence-electron chi connectivity index (χ4n) is 2.88. The summed E-state index contributed by atoms with van der Waals surface area (Å²) in [5, 5.41) is 7.11. The van der Waals surface area contributed by atoms with Crippen LogP contribution in [0, 0.1) is 18.8 Å². The number of carbonyl (C=O) groups is 1. The van der Waals surface area contributed by atoms with Crippen LogP contribution < -0.4 is 10.1 Å². The molecular formula is C24H23N3O2. The fraction of sp³-hybridized carbons (Fsp3) is 0.167. The number of hydrogen-bond donors (Lipinski definition) is 1. The van der Waals surface area contributed by atoms with Gasteiger partial charge in [0.1, 0.15) is 12.4 Å². The number of nitrogens with zero attached hydrogens (tertiary/aromatic N) is 2. The normalized spacial score (nSPS) is 9.97. The minimum absolute atomic E-state index is 0.198. The highest BCUT2D eigenvalue weighted by Gasteiger charge is 2.14. The third-order valence-electron chi connectivity index (χ3n) is 4.35. The van der Waals surface area contributed by atoms with E-state index in [4.69, 9.17) is 4.74 Å². The summed E-state index contributed by atoms with van der Waals surface area (Å²) in [5.41, 5.74) is 3.30. The maximum absolute atomic E-state index is 12.4. The van der Waals surface area contributed by atoms with Gasteiger partial charge < -0.3 is 10.1 Å². The molecule has 0 aliphatic heterocycles. The van der Waals surface area contributed by atoms with E-state index in [1.807, 2.05) is 67.6 Å². The van der Waals surface area contributed by atoms with Crippen LogP contribution in [0.1, 0.15) is 21.6 Å². The van der Waals surface area contributed by atoms with Crippen molar-refractivity contribution in [3.05, 3.63) is 90.3 Å². The summed E-state index contributed by atoms with van der Waals surface area (Å²) in [6.07, 6.45) is 4.16. The molecule has 1 aromatic heterocycles. The molecule has 0 aliphatic carbocycles. The van der Waals surface area contributed by atoms with Gasteiger partial charge >= 0.3 is 0 Å². The zero-order valence-electron chi connectivity index (χ0n) is 16.4. The number of para-hydroxylation sites is 2. The maximum atomic E-state index is 12.4. The van der Waals surface area contributed by atoms with E-state index in [9.17, 15) is 4.79 Å². The minimum Gasteiger partial charge on any atom is -0.481 e. The largest absolute Gasteiger partial charge is 0.481 e. The Morgan fingerprint density at radius 2 is 1.93 bits per heavy atom. The van der Waals surface area contributed by atoms with Crippen molar-refractivity contribution in [3.8, 4) is 23.3 Å². The van der Waals surface area contributed by atoms with E-state index in [1.54, 1.807) is 10.9 Å². The molecule has 5 heteroatoms. The van der Waals surface area contributed by atoms with Crippen molar-refractivity contribution in [2.45, 2.75) is 13.3 Å². The predicted octanol–water partition coefficient (Wildman–Crippen LogP) is 3.72. The number of ether oxygens (including phenoxy) is 1. The van der Waals surface area contributed by atoms with E-state index < -0.39 is 0 Å². The summed E-state index contributed by atoms with van der Waals surface area (Å²) in [6, 6.07) is 17.5. The first-order chi connectivity index (χ1) is 14.2. The second-order valence-corrected chi connectivity index (χ2v) is 6.32. The third-order valence-corrected chi connectivity index (χ3v) is 4.35. The Labute approximate surface area is 171 Å². The van der Waals surface area contributed by atoms with Crippen LogP contribution in [0.4, 0.5) is 0 Å². The van der Waals surface area contributed by atoms with Crippen molar-refractivity contribution < 1.29 is 9.53 Å². The van der Waals surface area contributed by atoms with Gasteiger partial charge in [-0.25, -0.2) is 4.68 Å². The van der Waals surface area contributed by atoms with Crippen molar-refractivity contribution in [2.75, 3.05) is 13.2 Å². The first-order valence-electron chi connectivity index (χ1n) is 9.36. The Balaban J connectivity index is 1.51. The lowest BCUT2D eigenvalue weighted by Crippen LogP contribution is -2.24. The summed E-state index contributed by atoms with van der Waals surface area (Å²) in [6.45, 7) is 6.13. The number of rotatable bonds is 7. The van der Waals surface area contributed by atoms with E-state index in [0.717, 1.165) is 29.1 Å². The van der Waals surface area contributed by atoms with Gasteiger partial charge in [-0.2, -0.15) is 5.10 Å². The molecule has 0 spiro atoms. The summed E-state index contributed by atoms with van der Waals surface area (Å²) in [7, 11) is 0. The van der Waals surface area contributed by atoms with E-state index in [1.165, 1.54) is 0 Å². The van der Waals surface area contributed by atoms with E-state index in [0.29, 0.717) is 5.56 Å². The highest BCUT2D eigenvalue weighted by Crippen LogP contribution is 2.18. The molecule has 5 nitrogen and oxygen atoms in total. The minimum atomic E-state index is -0.198. The zero-order chi connectivity index (χ0) is 20.5. The lowest BCUT2D eigenvalue weighted by atomic mass is 10.1. The van der Waals surface area contributed by atoms with Gasteiger partial charge in [-0.3, -0.25) is 4.79 Å². The molecule has 1 heterocycles. The van der Waals surface area contributed by atoms with Crippen LogP contribution in [0.3, 0.4) is 0 Å². The van der Waals surface area contributed by atoms with Gasteiger partial charge in [0.25, 0.3) is 5.91 Å². The monoisotopic (exact) mass is 385 g/mol. The lowest BCUT2D eigenvalue weighted by Gasteiger charge is -2.07. The van der Waals surface area contributed by atoms with Crippen molar-refractivity contribution in [1.29, 1.82) is 0 Å². The Morgan fingerprint density at radius 1 is 1.17 bits per heavy atom. The van der Waals surface area contributed by atoms with Crippen molar-refractivity contribution in [2.24, 2.45) is 0 Å². The van der Waals surface area contributed by atoms with Gasteiger partial charge in [0, 0.05) is 0 Å². The van der Waals surface area contributed by atoms with Crippen LogP contribution in [-0.4, -0.2) is 28.8 Å². The molecule has 1 amide bonds. The van der Waals surface area contributed by atoms with E-state index >= 15 is 0 Å². The average Bonchev–Trinajstić information content (AvgIpc) is 3.14. The van der Waals surface area contributed by atoms with Crippen LogP contribution in [0.5, 0.6) is 5.75 Å². The van der Waals surface area contributed by atoms with Crippen LogP contribution in [-0.2, 0) is 6.42 Å². The molecule has 0 radical (unpaired) electrons. The predicted molar refractivity (Wildman–Crippen MR) is 114 cm³/mol. The van der Waals surface area contributed by atoms with Crippen molar-refractivity contribution in [3.63, 3.8) is 0 Å². The number of hydrogen-bond acceptors (Lipinski definition) is 3. The van der Waals surface area contributed by atoms with Gasteiger partial charge in [-0.15, -0.1) is 6.58 Å². The molecule has 0 unspecified atom stereocenters. The molecule has 0 bridgehead atoms. The summed E-state index contributed by atoms with van der Waals surface area (Å²) in [5.74, 6) is 6.44. The smallest absolute Gasteiger partial charge is 0.255 e. The van der Waals surface area contributed by atoms with Crippen LogP contribution in [0.2, 0.25) is 0 Å². The zero-order valence-corrected chi connectivity index (χ0v) is 16.4. The molecule has 2 aromatic carbocycles. The van der Waals surface area contributed by atoms with Crippen molar-refractivity contribution in [1.82, 2.24) is 15.1 Å². The maximum Gasteiger partial charge on any atom is 0.255 e. The highest BCUT2D eigenvalue weighted by atomic mass is 16.5. The van der Waals surface area contributed by atoms with E-state index in [2.05, 4.69) is 28.8 Å². The quantitative estimate of drug-likeness (QED) is 0.498. The van der Waals surface area contributed by atoms with Crippen molar-refractivity contribution >= 4 is 5.91 Å². The van der Waals surface area contributed by atoms with Gasteiger partial charge in [-0.05, 0) is 37.1 Å². The second kappa shape index (κ2) is 9.95. The fourth-order valence-corrected chi connectivity index (χ4v) is 2.88. The summed E-state index contributed by atoms with van der Waals surface area (Å²) in [4.78, 5) is 12.4. The number of nitrogens with one attached hydrogen (secondary N) is 1. The average molecular weight is 385 g/mol. The molecule has 0 saturated carbocycles. The van der Waals surface area contributed by atoms with Gasteiger partial charge in [0.2, 0.25) is 0 Å². The van der Waals surface area contributed by atoms with Gasteiger partial charge in [-0.1, -0.05) is 54.3 Å². The molecule has 0 saturated heterocycles.